The Kier molecular flexibility index (Phi) is 6.61. The summed E-state index contributed by atoms with van der Waals surface area (Å²) in [5.41, 5.74) is 2.14. The fourth-order valence-corrected chi connectivity index (χ4v) is 3.18. The highest BCUT2D eigenvalue weighted by molar-refractivity contribution is 14.1. The van der Waals surface area contributed by atoms with Gasteiger partial charge in [0, 0.05) is 27.4 Å². The highest BCUT2D eigenvalue weighted by Gasteiger charge is 2.11. The number of esters is 1. The molecule has 0 saturated carbocycles. The number of amides is 2. The first-order valence-corrected chi connectivity index (χ1v) is 9.76. The van der Waals surface area contributed by atoms with Gasteiger partial charge in [-0.3, -0.25) is 14.4 Å². The Morgan fingerprint density at radius 2 is 1.41 bits per heavy atom. The van der Waals surface area contributed by atoms with Gasteiger partial charge in [0.25, 0.3) is 11.8 Å². The van der Waals surface area contributed by atoms with E-state index in [1.807, 2.05) is 18.2 Å². The van der Waals surface area contributed by atoms with Gasteiger partial charge in [-0.2, -0.15) is 0 Å². The lowest BCUT2D eigenvalue weighted by Gasteiger charge is -2.09. The Morgan fingerprint density at radius 1 is 0.793 bits per heavy atom. The minimum Gasteiger partial charge on any atom is -0.427 e. The molecule has 0 heterocycles. The Morgan fingerprint density at radius 3 is 2.03 bits per heavy atom. The Labute approximate surface area is 181 Å². The fourth-order valence-electron chi connectivity index (χ4n) is 2.55. The van der Waals surface area contributed by atoms with Gasteiger partial charge in [0.1, 0.15) is 5.75 Å². The number of hydrogen-bond donors (Lipinski definition) is 2. The number of halogens is 1. The van der Waals surface area contributed by atoms with Crippen molar-refractivity contribution in [2.24, 2.45) is 0 Å². The monoisotopic (exact) mass is 500 g/mol. The van der Waals surface area contributed by atoms with Gasteiger partial charge in [-0.05, 0) is 77.2 Å². The maximum absolute atomic E-state index is 12.4. The van der Waals surface area contributed by atoms with Gasteiger partial charge in [0.05, 0.1) is 5.56 Å². The zero-order valence-electron chi connectivity index (χ0n) is 15.4. The van der Waals surface area contributed by atoms with Crippen molar-refractivity contribution in [3.05, 3.63) is 87.5 Å². The number of carbonyl (C=O) groups is 3. The van der Waals surface area contributed by atoms with E-state index in [9.17, 15) is 14.4 Å². The van der Waals surface area contributed by atoms with Gasteiger partial charge in [0.2, 0.25) is 0 Å². The summed E-state index contributed by atoms with van der Waals surface area (Å²) in [6, 6.07) is 20.5. The second-order valence-corrected chi connectivity index (χ2v) is 7.25. The summed E-state index contributed by atoms with van der Waals surface area (Å²) in [5.74, 6) is -0.687. The summed E-state index contributed by atoms with van der Waals surface area (Å²) in [6.45, 7) is 1.30. The molecule has 0 aliphatic heterocycles. The van der Waals surface area contributed by atoms with E-state index in [0.717, 1.165) is 3.57 Å². The molecule has 0 fully saturated rings. The van der Waals surface area contributed by atoms with Crippen LogP contribution >= 0.6 is 22.6 Å². The van der Waals surface area contributed by atoms with E-state index in [-0.39, 0.29) is 11.8 Å². The molecule has 0 atom stereocenters. The summed E-state index contributed by atoms with van der Waals surface area (Å²) in [7, 11) is 0. The summed E-state index contributed by atoms with van der Waals surface area (Å²) in [5, 5.41) is 5.60. The lowest BCUT2D eigenvalue weighted by molar-refractivity contribution is -0.131. The van der Waals surface area contributed by atoms with E-state index in [4.69, 9.17) is 4.74 Å². The molecule has 6 nitrogen and oxygen atoms in total. The Balaban J connectivity index is 1.65. The lowest BCUT2D eigenvalue weighted by Crippen LogP contribution is -2.14. The molecule has 0 aliphatic carbocycles. The molecule has 3 aromatic rings. The van der Waals surface area contributed by atoms with Crippen LogP contribution in [0.3, 0.4) is 0 Å². The molecule has 3 aromatic carbocycles. The molecule has 0 spiro atoms. The van der Waals surface area contributed by atoms with Crippen molar-refractivity contribution in [3.63, 3.8) is 0 Å². The third-order valence-corrected chi connectivity index (χ3v) is 4.82. The van der Waals surface area contributed by atoms with E-state index in [0.29, 0.717) is 28.3 Å². The third-order valence-electron chi connectivity index (χ3n) is 3.88. The molecule has 7 heteroatoms. The van der Waals surface area contributed by atoms with Crippen LogP contribution in [0.25, 0.3) is 0 Å². The van der Waals surface area contributed by atoms with E-state index in [1.54, 1.807) is 48.5 Å². The van der Waals surface area contributed by atoms with Crippen LogP contribution in [0.5, 0.6) is 5.75 Å². The van der Waals surface area contributed by atoms with Crippen molar-refractivity contribution in [2.45, 2.75) is 6.92 Å². The van der Waals surface area contributed by atoms with Gasteiger partial charge < -0.3 is 15.4 Å². The predicted octanol–water partition coefficient (Wildman–Crippen LogP) is 4.72. The first-order chi connectivity index (χ1) is 13.9. The number of anilines is 2. The minimum absolute atomic E-state index is 0.200. The first kappa shape index (κ1) is 20.5. The molecule has 0 saturated heterocycles. The molecule has 3 rings (SSSR count). The fraction of sp³-hybridized carbons (Fsp3) is 0.0455. The summed E-state index contributed by atoms with van der Waals surface area (Å²) in [6.07, 6.45) is 0. The molecule has 0 unspecified atom stereocenters. The van der Waals surface area contributed by atoms with Gasteiger partial charge in [-0.25, -0.2) is 0 Å². The number of nitrogens with one attached hydrogen (secondary N) is 2. The largest absolute Gasteiger partial charge is 0.427 e. The molecule has 2 amide bonds. The zero-order valence-corrected chi connectivity index (χ0v) is 17.6. The van der Waals surface area contributed by atoms with Crippen molar-refractivity contribution < 1.29 is 19.1 Å². The topological polar surface area (TPSA) is 84.5 Å². The second-order valence-electron chi connectivity index (χ2n) is 6.09. The number of carbonyl (C=O) groups excluding carboxylic acids is 3. The Bertz CT molecular complexity index is 1060. The van der Waals surface area contributed by atoms with Crippen LogP contribution in [0.1, 0.15) is 27.6 Å². The maximum Gasteiger partial charge on any atom is 0.308 e. The second kappa shape index (κ2) is 9.33. The van der Waals surface area contributed by atoms with E-state index < -0.39 is 5.97 Å². The van der Waals surface area contributed by atoms with Crippen LogP contribution in [0, 0.1) is 3.57 Å². The van der Waals surface area contributed by atoms with Crippen LogP contribution in [0.2, 0.25) is 0 Å². The minimum atomic E-state index is -0.453. The quantitative estimate of drug-likeness (QED) is 0.302. The molecular formula is C22H17IN2O4. The lowest BCUT2D eigenvalue weighted by atomic mass is 10.2. The SMILES string of the molecule is CC(=O)Oc1cccc(C(=O)Nc2ccc(NC(=O)c3ccccc3I)cc2)c1. The molecular weight excluding hydrogens is 483 g/mol. The average molecular weight is 500 g/mol. The smallest absolute Gasteiger partial charge is 0.308 e. The van der Waals surface area contributed by atoms with Crippen molar-refractivity contribution >= 4 is 51.7 Å². The van der Waals surface area contributed by atoms with Crippen LogP contribution in [-0.2, 0) is 4.79 Å². The number of rotatable bonds is 5. The van der Waals surface area contributed by atoms with E-state index >= 15 is 0 Å². The van der Waals surface area contributed by atoms with E-state index in [1.165, 1.54) is 13.0 Å². The molecule has 0 aromatic heterocycles. The highest BCUT2D eigenvalue weighted by atomic mass is 127. The van der Waals surface area contributed by atoms with Crippen LogP contribution < -0.4 is 15.4 Å². The predicted molar refractivity (Wildman–Crippen MR) is 119 cm³/mol. The van der Waals surface area contributed by atoms with Crippen molar-refractivity contribution in [1.82, 2.24) is 0 Å². The highest BCUT2D eigenvalue weighted by Crippen LogP contribution is 2.19. The van der Waals surface area contributed by atoms with E-state index in [2.05, 4.69) is 33.2 Å². The average Bonchev–Trinajstić information content (AvgIpc) is 2.69. The molecule has 2 N–H and O–H groups in total. The maximum atomic E-state index is 12.4. The van der Waals surface area contributed by atoms with Crippen LogP contribution in [0.15, 0.2) is 72.8 Å². The summed E-state index contributed by atoms with van der Waals surface area (Å²) in [4.78, 5) is 35.8. The van der Waals surface area contributed by atoms with Gasteiger partial charge >= 0.3 is 5.97 Å². The Hall–Kier alpha value is -3.20. The third kappa shape index (κ3) is 5.64. The van der Waals surface area contributed by atoms with Crippen molar-refractivity contribution in [3.8, 4) is 5.75 Å². The van der Waals surface area contributed by atoms with Gasteiger partial charge in [0.15, 0.2) is 0 Å². The van der Waals surface area contributed by atoms with Crippen LogP contribution in [0.4, 0.5) is 11.4 Å². The van der Waals surface area contributed by atoms with Gasteiger partial charge in [-0.15, -0.1) is 0 Å². The standard InChI is InChI=1S/C22H17IN2O4/c1-14(26)29-18-6-4-5-15(13-18)21(27)24-16-9-11-17(12-10-16)25-22(28)19-7-2-3-8-20(19)23/h2-13H,1H3,(H,24,27)(H,25,28). The van der Waals surface area contributed by atoms with Gasteiger partial charge in [-0.1, -0.05) is 18.2 Å². The number of benzene rings is 3. The first-order valence-electron chi connectivity index (χ1n) is 8.68. The van der Waals surface area contributed by atoms with Crippen LogP contribution in [-0.4, -0.2) is 17.8 Å². The van der Waals surface area contributed by atoms with Crippen molar-refractivity contribution in [2.75, 3.05) is 10.6 Å². The normalized spacial score (nSPS) is 10.1. The molecule has 29 heavy (non-hydrogen) atoms. The molecule has 146 valence electrons. The summed E-state index contributed by atoms with van der Waals surface area (Å²) < 4.78 is 5.86. The molecule has 0 radical (unpaired) electrons. The number of ether oxygens (including phenoxy) is 1. The zero-order chi connectivity index (χ0) is 20.8. The van der Waals surface area contributed by atoms with Crippen molar-refractivity contribution in [1.29, 1.82) is 0 Å². The molecule has 0 aliphatic rings. The molecule has 0 bridgehead atoms. The number of hydrogen-bond acceptors (Lipinski definition) is 4. The summed E-state index contributed by atoms with van der Waals surface area (Å²) >= 11 is 2.11.